The first-order chi connectivity index (χ1) is 12.9. The maximum Gasteiger partial charge on any atom is 0.0716 e. The van der Waals surface area contributed by atoms with Crippen molar-refractivity contribution in [1.29, 1.82) is 0 Å². The molecule has 0 fully saturated rings. The summed E-state index contributed by atoms with van der Waals surface area (Å²) in [6.07, 6.45) is 0. The average molecular weight is 331 g/mol. The van der Waals surface area contributed by atoms with E-state index in [1.54, 1.807) is 0 Å². The minimum Gasteiger partial charge on any atom is -0.248 e. The van der Waals surface area contributed by atoms with E-state index in [9.17, 15) is 0 Å². The van der Waals surface area contributed by atoms with Crippen LogP contribution in [0, 0.1) is 0 Å². The zero-order valence-corrected chi connectivity index (χ0v) is 14.3. The van der Waals surface area contributed by atoms with Crippen LogP contribution in [0.5, 0.6) is 0 Å². The lowest BCUT2D eigenvalue weighted by Crippen LogP contribution is -1.90. The molecule has 1 aromatic heterocycles. The molecular weight excluding hydrogens is 314 g/mol. The van der Waals surface area contributed by atoms with Crippen molar-refractivity contribution in [2.75, 3.05) is 0 Å². The van der Waals surface area contributed by atoms with Gasteiger partial charge in [-0.2, -0.15) is 0 Å². The third-order valence-corrected chi connectivity index (χ3v) is 4.85. The summed E-state index contributed by atoms with van der Waals surface area (Å²) in [6.45, 7) is 0. The lowest BCUT2D eigenvalue weighted by atomic mass is 9.97. The number of para-hydroxylation sites is 1. The van der Waals surface area contributed by atoms with Crippen LogP contribution in [0.15, 0.2) is 103 Å². The van der Waals surface area contributed by atoms with Gasteiger partial charge in [0, 0.05) is 10.9 Å². The van der Waals surface area contributed by atoms with Crippen LogP contribution in [0.25, 0.3) is 44.1 Å². The fourth-order valence-corrected chi connectivity index (χ4v) is 3.53. The van der Waals surface area contributed by atoms with E-state index < -0.39 is 0 Å². The van der Waals surface area contributed by atoms with Crippen molar-refractivity contribution in [3.05, 3.63) is 103 Å². The monoisotopic (exact) mass is 331 g/mol. The highest BCUT2D eigenvalue weighted by Gasteiger charge is 2.09. The predicted octanol–water partition coefficient (Wildman–Crippen LogP) is 6.72. The fourth-order valence-electron chi connectivity index (χ4n) is 3.53. The molecule has 1 nitrogen and oxygen atoms in total. The fraction of sp³-hybridized carbons (Fsp3) is 0. The van der Waals surface area contributed by atoms with Gasteiger partial charge in [0.15, 0.2) is 0 Å². The van der Waals surface area contributed by atoms with Gasteiger partial charge in [0.1, 0.15) is 0 Å². The van der Waals surface area contributed by atoms with Crippen molar-refractivity contribution in [2.24, 2.45) is 0 Å². The summed E-state index contributed by atoms with van der Waals surface area (Å²) >= 11 is 0. The Hall–Kier alpha value is -3.45. The zero-order valence-electron chi connectivity index (χ0n) is 14.3. The Morgan fingerprint density at radius 1 is 0.500 bits per heavy atom. The van der Waals surface area contributed by atoms with E-state index >= 15 is 0 Å². The number of benzene rings is 4. The van der Waals surface area contributed by atoms with Crippen molar-refractivity contribution in [3.63, 3.8) is 0 Å². The third kappa shape index (κ3) is 2.55. The van der Waals surface area contributed by atoms with Gasteiger partial charge in [0.05, 0.1) is 11.2 Å². The van der Waals surface area contributed by atoms with Gasteiger partial charge in [0.2, 0.25) is 0 Å². The maximum atomic E-state index is 4.94. The quantitative estimate of drug-likeness (QED) is 0.350. The molecule has 0 N–H and O–H groups in total. The first kappa shape index (κ1) is 14.9. The van der Waals surface area contributed by atoms with E-state index in [1.807, 2.05) is 6.07 Å². The Bertz CT molecular complexity index is 1220. The molecule has 0 aliphatic rings. The zero-order chi connectivity index (χ0) is 17.3. The molecule has 0 aliphatic carbocycles. The minimum absolute atomic E-state index is 1.01. The molecule has 26 heavy (non-hydrogen) atoms. The van der Waals surface area contributed by atoms with Crippen LogP contribution < -0.4 is 0 Å². The molecule has 1 heterocycles. The highest BCUT2D eigenvalue weighted by molar-refractivity contribution is 5.97. The molecule has 0 bridgehead atoms. The molecule has 0 saturated heterocycles. The van der Waals surface area contributed by atoms with Crippen LogP contribution in [0.3, 0.4) is 0 Å². The van der Waals surface area contributed by atoms with Crippen LogP contribution in [-0.2, 0) is 0 Å². The van der Waals surface area contributed by atoms with Crippen LogP contribution in [0.2, 0.25) is 0 Å². The van der Waals surface area contributed by atoms with E-state index in [2.05, 4.69) is 97.1 Å². The van der Waals surface area contributed by atoms with E-state index in [0.29, 0.717) is 0 Å². The minimum atomic E-state index is 1.01. The van der Waals surface area contributed by atoms with Crippen LogP contribution in [0.1, 0.15) is 0 Å². The molecule has 0 saturated carbocycles. The number of hydrogen-bond donors (Lipinski definition) is 0. The van der Waals surface area contributed by atoms with Gasteiger partial charge in [-0.3, -0.25) is 0 Å². The summed E-state index contributed by atoms with van der Waals surface area (Å²) < 4.78 is 0. The largest absolute Gasteiger partial charge is 0.248 e. The van der Waals surface area contributed by atoms with Crippen molar-refractivity contribution >= 4 is 21.7 Å². The number of aromatic nitrogens is 1. The number of fused-ring (bicyclic) bond motifs is 2. The normalized spacial score (nSPS) is 11.1. The van der Waals surface area contributed by atoms with Crippen molar-refractivity contribution in [3.8, 4) is 22.4 Å². The van der Waals surface area contributed by atoms with Gasteiger partial charge >= 0.3 is 0 Å². The molecule has 1 heteroatoms. The summed E-state index contributed by atoms with van der Waals surface area (Å²) in [6, 6.07) is 36.1. The second kappa shape index (κ2) is 6.12. The number of pyridine rings is 1. The standard InChI is InChI=1S/C25H17N/c1-2-9-19(10-3-1)23-17-25(26-24-13-7-6-12-22(23)24)21-15-14-18-8-4-5-11-20(18)16-21/h1-17H. The van der Waals surface area contributed by atoms with E-state index in [4.69, 9.17) is 4.98 Å². The van der Waals surface area contributed by atoms with Gasteiger partial charge in [-0.05, 0) is 40.1 Å². The molecule has 4 aromatic carbocycles. The lowest BCUT2D eigenvalue weighted by Gasteiger charge is -2.11. The van der Waals surface area contributed by atoms with Crippen LogP contribution in [0.4, 0.5) is 0 Å². The van der Waals surface area contributed by atoms with Gasteiger partial charge < -0.3 is 0 Å². The van der Waals surface area contributed by atoms with Crippen molar-refractivity contribution < 1.29 is 0 Å². The van der Waals surface area contributed by atoms with E-state index in [1.165, 1.54) is 27.3 Å². The molecule has 0 spiro atoms. The Labute approximate surface area is 152 Å². The van der Waals surface area contributed by atoms with Gasteiger partial charge in [-0.25, -0.2) is 4.98 Å². The van der Waals surface area contributed by atoms with Crippen LogP contribution >= 0.6 is 0 Å². The van der Waals surface area contributed by atoms with E-state index in [0.717, 1.165) is 16.8 Å². The highest BCUT2D eigenvalue weighted by Crippen LogP contribution is 2.32. The molecule has 0 radical (unpaired) electrons. The number of hydrogen-bond acceptors (Lipinski definition) is 1. The predicted molar refractivity (Wildman–Crippen MR) is 110 cm³/mol. The lowest BCUT2D eigenvalue weighted by molar-refractivity contribution is 1.40. The Balaban J connectivity index is 1.77. The smallest absolute Gasteiger partial charge is 0.0716 e. The Morgan fingerprint density at radius 2 is 1.23 bits per heavy atom. The average Bonchev–Trinajstić information content (AvgIpc) is 2.73. The summed E-state index contributed by atoms with van der Waals surface area (Å²) in [5, 5.41) is 3.67. The van der Waals surface area contributed by atoms with Gasteiger partial charge in [0.25, 0.3) is 0 Å². The molecule has 0 atom stereocenters. The molecule has 5 aromatic rings. The summed E-state index contributed by atoms with van der Waals surface area (Å²) in [7, 11) is 0. The van der Waals surface area contributed by atoms with Crippen LogP contribution in [-0.4, -0.2) is 4.98 Å². The first-order valence-corrected chi connectivity index (χ1v) is 8.83. The summed E-state index contributed by atoms with van der Waals surface area (Å²) in [5.41, 5.74) is 5.62. The molecule has 0 aliphatic heterocycles. The molecule has 5 rings (SSSR count). The third-order valence-electron chi connectivity index (χ3n) is 4.85. The molecule has 122 valence electrons. The maximum absolute atomic E-state index is 4.94. The number of nitrogens with zero attached hydrogens (tertiary/aromatic N) is 1. The molecule has 0 unspecified atom stereocenters. The second-order valence-electron chi connectivity index (χ2n) is 6.50. The molecule has 0 amide bonds. The highest BCUT2D eigenvalue weighted by atomic mass is 14.7. The van der Waals surface area contributed by atoms with Gasteiger partial charge in [-0.1, -0.05) is 84.9 Å². The summed E-state index contributed by atoms with van der Waals surface area (Å²) in [5.74, 6) is 0. The molecular formula is C25H17N. The first-order valence-electron chi connectivity index (χ1n) is 8.83. The Kier molecular flexibility index (Phi) is 3.50. The topological polar surface area (TPSA) is 12.9 Å². The summed E-state index contributed by atoms with van der Waals surface area (Å²) in [4.78, 5) is 4.94. The Morgan fingerprint density at radius 3 is 2.12 bits per heavy atom. The van der Waals surface area contributed by atoms with Crippen molar-refractivity contribution in [1.82, 2.24) is 4.98 Å². The number of rotatable bonds is 2. The second-order valence-corrected chi connectivity index (χ2v) is 6.50. The van der Waals surface area contributed by atoms with Crippen molar-refractivity contribution in [2.45, 2.75) is 0 Å². The van der Waals surface area contributed by atoms with Gasteiger partial charge in [-0.15, -0.1) is 0 Å². The van der Waals surface area contributed by atoms with E-state index in [-0.39, 0.29) is 0 Å². The SMILES string of the molecule is c1ccc(-c2cc(-c3ccc4ccccc4c3)nc3ccccc23)cc1.